The molecule has 29 heavy (non-hydrogen) atoms. The van der Waals surface area contributed by atoms with Crippen molar-refractivity contribution < 1.29 is 19.1 Å². The fraction of sp³-hybridized carbons (Fsp3) is 0.200. The highest BCUT2D eigenvalue weighted by Crippen LogP contribution is 2.35. The summed E-state index contributed by atoms with van der Waals surface area (Å²) in [5.74, 6) is -0.0497. The van der Waals surface area contributed by atoms with Crippen molar-refractivity contribution in [2.45, 2.75) is 26.2 Å². The van der Waals surface area contributed by atoms with Crippen LogP contribution in [0.5, 0.6) is 11.5 Å². The number of carbonyl (C=O) groups excluding carboxylic acids is 2. The number of ether oxygens (including phenoxy) is 2. The van der Waals surface area contributed by atoms with Gasteiger partial charge in [0.05, 0.1) is 16.9 Å². The van der Waals surface area contributed by atoms with E-state index in [0.29, 0.717) is 22.4 Å². The van der Waals surface area contributed by atoms with Crippen molar-refractivity contribution in [1.29, 1.82) is 0 Å². The highest BCUT2D eigenvalue weighted by molar-refractivity contribution is 5.99. The largest absolute Gasteiger partial charge is 0.426 e. The molecule has 4 nitrogen and oxygen atoms in total. The summed E-state index contributed by atoms with van der Waals surface area (Å²) in [4.78, 5) is 25.3. The van der Waals surface area contributed by atoms with Gasteiger partial charge in [-0.3, -0.25) is 4.79 Å². The van der Waals surface area contributed by atoms with Gasteiger partial charge in [0.25, 0.3) is 0 Å². The Morgan fingerprint density at radius 2 is 1.55 bits per heavy atom. The van der Waals surface area contributed by atoms with E-state index in [1.54, 1.807) is 36.4 Å². The van der Waals surface area contributed by atoms with Gasteiger partial charge in [-0.15, -0.1) is 0 Å². The van der Waals surface area contributed by atoms with E-state index in [1.165, 1.54) is 5.57 Å². The lowest BCUT2D eigenvalue weighted by Gasteiger charge is -2.20. The molecular formula is C25H22O4. The lowest BCUT2D eigenvalue weighted by atomic mass is 9.90. The maximum atomic E-state index is 12.8. The van der Waals surface area contributed by atoms with E-state index in [0.717, 1.165) is 24.6 Å². The SMILES string of the molecule is CC1=CCCC(C(=O)Oc2cccc3cccc(OC(=O)c4ccccc4)c23)C1. The van der Waals surface area contributed by atoms with Crippen LogP contribution in [0.3, 0.4) is 0 Å². The summed E-state index contributed by atoms with van der Waals surface area (Å²) in [7, 11) is 0. The molecule has 0 N–H and O–H groups in total. The van der Waals surface area contributed by atoms with Crippen LogP contribution >= 0.6 is 0 Å². The van der Waals surface area contributed by atoms with Gasteiger partial charge in [0.15, 0.2) is 0 Å². The van der Waals surface area contributed by atoms with E-state index >= 15 is 0 Å². The number of carbonyl (C=O) groups is 2. The highest BCUT2D eigenvalue weighted by Gasteiger charge is 2.24. The predicted molar refractivity (Wildman–Crippen MR) is 112 cm³/mol. The molecule has 4 rings (SSSR count). The molecule has 0 fully saturated rings. The highest BCUT2D eigenvalue weighted by atomic mass is 16.5. The molecule has 146 valence electrons. The molecule has 1 unspecified atom stereocenters. The summed E-state index contributed by atoms with van der Waals surface area (Å²) < 4.78 is 11.4. The van der Waals surface area contributed by atoms with E-state index in [4.69, 9.17) is 9.47 Å². The summed E-state index contributed by atoms with van der Waals surface area (Å²) in [6.45, 7) is 2.04. The van der Waals surface area contributed by atoms with Gasteiger partial charge >= 0.3 is 11.9 Å². The molecule has 1 atom stereocenters. The molecule has 0 saturated heterocycles. The van der Waals surface area contributed by atoms with Crippen molar-refractivity contribution >= 4 is 22.7 Å². The van der Waals surface area contributed by atoms with Gasteiger partial charge in [0, 0.05) is 0 Å². The molecule has 1 aliphatic carbocycles. The molecule has 0 bridgehead atoms. The van der Waals surface area contributed by atoms with Gasteiger partial charge in [0.2, 0.25) is 0 Å². The Balaban J connectivity index is 1.64. The smallest absolute Gasteiger partial charge is 0.343 e. The zero-order chi connectivity index (χ0) is 20.2. The molecule has 3 aromatic rings. The van der Waals surface area contributed by atoms with Gasteiger partial charge in [0.1, 0.15) is 11.5 Å². The number of hydrogen-bond acceptors (Lipinski definition) is 4. The Labute approximate surface area is 169 Å². The average Bonchev–Trinajstić information content (AvgIpc) is 2.74. The van der Waals surface area contributed by atoms with Crippen LogP contribution in [-0.4, -0.2) is 11.9 Å². The summed E-state index contributed by atoms with van der Waals surface area (Å²) in [5.41, 5.74) is 1.68. The first-order valence-electron chi connectivity index (χ1n) is 9.78. The second-order valence-corrected chi connectivity index (χ2v) is 7.32. The third-order valence-corrected chi connectivity index (χ3v) is 5.16. The van der Waals surface area contributed by atoms with Gasteiger partial charge in [-0.1, -0.05) is 54.1 Å². The Kier molecular flexibility index (Phi) is 5.43. The fourth-order valence-corrected chi connectivity index (χ4v) is 3.67. The molecule has 4 heteroatoms. The Bertz CT molecular complexity index is 1080. The van der Waals surface area contributed by atoms with Crippen molar-refractivity contribution in [3.8, 4) is 11.5 Å². The molecule has 0 aliphatic heterocycles. The minimum absolute atomic E-state index is 0.144. The monoisotopic (exact) mass is 386 g/mol. The van der Waals surface area contributed by atoms with Crippen LogP contribution in [0.1, 0.15) is 36.5 Å². The first kappa shape index (κ1) is 18.9. The molecule has 0 heterocycles. The van der Waals surface area contributed by atoms with Gasteiger partial charge in [-0.2, -0.15) is 0 Å². The maximum absolute atomic E-state index is 12.8. The molecule has 0 aromatic heterocycles. The van der Waals surface area contributed by atoms with E-state index < -0.39 is 5.97 Å². The zero-order valence-corrected chi connectivity index (χ0v) is 16.3. The minimum Gasteiger partial charge on any atom is -0.426 e. The van der Waals surface area contributed by atoms with Crippen LogP contribution in [0.25, 0.3) is 10.8 Å². The maximum Gasteiger partial charge on any atom is 0.343 e. The zero-order valence-electron chi connectivity index (χ0n) is 16.3. The first-order valence-corrected chi connectivity index (χ1v) is 9.78. The normalized spacial score (nSPS) is 16.2. The molecule has 1 aliphatic rings. The third-order valence-electron chi connectivity index (χ3n) is 5.16. The predicted octanol–water partition coefficient (Wildman–Crippen LogP) is 5.71. The van der Waals surface area contributed by atoms with Gasteiger partial charge < -0.3 is 9.47 Å². The van der Waals surface area contributed by atoms with E-state index in [2.05, 4.69) is 6.08 Å². The fourth-order valence-electron chi connectivity index (χ4n) is 3.67. The minimum atomic E-state index is -0.452. The van der Waals surface area contributed by atoms with Crippen molar-refractivity contribution in [1.82, 2.24) is 0 Å². The molecule has 3 aromatic carbocycles. The van der Waals surface area contributed by atoms with Crippen LogP contribution in [0.15, 0.2) is 78.4 Å². The third kappa shape index (κ3) is 4.21. The Morgan fingerprint density at radius 3 is 2.24 bits per heavy atom. The standard InChI is InChI=1S/C25H22O4/c1-17-8-5-13-20(16-17)25(27)29-22-15-7-12-18-11-6-14-21(23(18)22)28-24(26)19-9-3-2-4-10-19/h2-4,6-12,14-15,20H,5,13,16H2,1H3. The summed E-state index contributed by atoms with van der Waals surface area (Å²) in [6.07, 6.45) is 4.57. The lowest BCUT2D eigenvalue weighted by Crippen LogP contribution is -2.22. The molecular weight excluding hydrogens is 364 g/mol. The van der Waals surface area contributed by atoms with E-state index in [-0.39, 0.29) is 11.9 Å². The molecule has 0 amide bonds. The lowest BCUT2D eigenvalue weighted by molar-refractivity contribution is -0.139. The van der Waals surface area contributed by atoms with E-state index in [9.17, 15) is 9.59 Å². The average molecular weight is 386 g/mol. The van der Waals surface area contributed by atoms with Crippen molar-refractivity contribution in [2.24, 2.45) is 5.92 Å². The molecule has 0 spiro atoms. The van der Waals surface area contributed by atoms with Gasteiger partial charge in [-0.25, -0.2) is 4.79 Å². The first-order chi connectivity index (χ1) is 14.1. The van der Waals surface area contributed by atoms with Crippen LogP contribution in [0, 0.1) is 5.92 Å². The number of esters is 2. The summed E-state index contributed by atoms with van der Waals surface area (Å²) in [5, 5.41) is 1.46. The summed E-state index contributed by atoms with van der Waals surface area (Å²) >= 11 is 0. The van der Waals surface area contributed by atoms with Crippen molar-refractivity contribution in [3.05, 3.63) is 83.9 Å². The molecule has 0 saturated carbocycles. The van der Waals surface area contributed by atoms with Crippen LogP contribution < -0.4 is 9.47 Å². The van der Waals surface area contributed by atoms with Gasteiger partial charge in [-0.05, 0) is 55.8 Å². The number of allylic oxidation sites excluding steroid dienone is 2. The second kappa shape index (κ2) is 8.31. The molecule has 0 radical (unpaired) electrons. The number of benzene rings is 3. The van der Waals surface area contributed by atoms with Crippen LogP contribution in [0.4, 0.5) is 0 Å². The van der Waals surface area contributed by atoms with Crippen molar-refractivity contribution in [2.75, 3.05) is 0 Å². The number of fused-ring (bicyclic) bond motifs is 1. The summed E-state index contributed by atoms with van der Waals surface area (Å²) in [6, 6.07) is 19.7. The number of rotatable bonds is 4. The van der Waals surface area contributed by atoms with Crippen LogP contribution in [-0.2, 0) is 4.79 Å². The quantitative estimate of drug-likeness (QED) is 0.327. The van der Waals surface area contributed by atoms with E-state index in [1.807, 2.05) is 37.3 Å². The second-order valence-electron chi connectivity index (χ2n) is 7.32. The Hall–Kier alpha value is -3.40. The number of hydrogen-bond donors (Lipinski definition) is 0. The Morgan fingerprint density at radius 1 is 0.862 bits per heavy atom. The van der Waals surface area contributed by atoms with Crippen LogP contribution in [0.2, 0.25) is 0 Å². The van der Waals surface area contributed by atoms with Crippen molar-refractivity contribution in [3.63, 3.8) is 0 Å². The topological polar surface area (TPSA) is 52.6 Å².